The first kappa shape index (κ1) is 16.0. The van der Waals surface area contributed by atoms with Crippen LogP contribution in [-0.2, 0) is 4.79 Å². The molecule has 0 aliphatic carbocycles. The lowest BCUT2D eigenvalue weighted by molar-refractivity contribution is -0.139. The molecule has 1 atom stereocenters. The minimum Gasteiger partial charge on any atom is -0.479 e. The van der Waals surface area contributed by atoms with Crippen molar-refractivity contribution >= 4 is 12.0 Å². The molecule has 20 heavy (non-hydrogen) atoms. The lowest BCUT2D eigenvalue weighted by Gasteiger charge is -2.27. The number of hydrogen-bond acceptors (Lipinski definition) is 2. The molecule has 0 spiro atoms. The molecule has 1 rings (SSSR count). The number of carbonyl (C=O) groups is 2. The summed E-state index contributed by atoms with van der Waals surface area (Å²) in [5.41, 5.74) is 0.182. The van der Waals surface area contributed by atoms with Crippen LogP contribution in [0.4, 0.5) is 4.79 Å². The number of nitrogens with one attached hydrogen (secondary N) is 2. The monoisotopic (exact) mass is 278 g/mol. The van der Waals surface area contributed by atoms with Crippen molar-refractivity contribution in [2.24, 2.45) is 0 Å². The first-order valence-electron chi connectivity index (χ1n) is 6.72. The Labute approximate surface area is 119 Å². The third-order valence-corrected chi connectivity index (χ3v) is 2.98. The quantitative estimate of drug-likeness (QED) is 0.748. The van der Waals surface area contributed by atoms with Gasteiger partial charge in [-0.1, -0.05) is 43.7 Å². The van der Waals surface area contributed by atoms with Gasteiger partial charge in [0.05, 0.1) is 0 Å². The SMILES string of the molecule is CCCC(C)(C)NC(=O)NC(C(=O)O)c1ccccc1. The molecule has 0 aliphatic heterocycles. The van der Waals surface area contributed by atoms with Gasteiger partial charge < -0.3 is 15.7 Å². The number of aliphatic carboxylic acids is 1. The first-order valence-corrected chi connectivity index (χ1v) is 6.72. The number of rotatable bonds is 6. The Bertz CT molecular complexity index is 457. The molecule has 1 unspecified atom stereocenters. The number of hydrogen-bond donors (Lipinski definition) is 3. The zero-order valence-corrected chi connectivity index (χ0v) is 12.1. The zero-order valence-electron chi connectivity index (χ0n) is 12.1. The van der Waals surface area contributed by atoms with E-state index in [0.29, 0.717) is 5.56 Å². The number of urea groups is 1. The molecule has 3 N–H and O–H groups in total. The van der Waals surface area contributed by atoms with Crippen molar-refractivity contribution in [2.75, 3.05) is 0 Å². The second kappa shape index (κ2) is 6.93. The molecule has 0 saturated carbocycles. The van der Waals surface area contributed by atoms with E-state index in [2.05, 4.69) is 10.6 Å². The highest BCUT2D eigenvalue weighted by Gasteiger charge is 2.25. The van der Waals surface area contributed by atoms with Crippen molar-refractivity contribution in [3.05, 3.63) is 35.9 Å². The van der Waals surface area contributed by atoms with Crippen LogP contribution in [0.25, 0.3) is 0 Å². The van der Waals surface area contributed by atoms with E-state index in [9.17, 15) is 14.7 Å². The Morgan fingerprint density at radius 1 is 1.25 bits per heavy atom. The molecule has 0 aliphatic rings. The summed E-state index contributed by atoms with van der Waals surface area (Å²) in [6.45, 7) is 5.86. The van der Waals surface area contributed by atoms with Crippen LogP contribution >= 0.6 is 0 Å². The second-order valence-electron chi connectivity index (χ2n) is 5.41. The summed E-state index contributed by atoms with van der Waals surface area (Å²) in [6, 6.07) is 7.12. The van der Waals surface area contributed by atoms with E-state index < -0.39 is 18.0 Å². The Hall–Kier alpha value is -2.04. The van der Waals surface area contributed by atoms with Crippen molar-refractivity contribution < 1.29 is 14.7 Å². The lowest BCUT2D eigenvalue weighted by Crippen LogP contribution is -2.50. The van der Waals surface area contributed by atoms with E-state index >= 15 is 0 Å². The van der Waals surface area contributed by atoms with E-state index in [-0.39, 0.29) is 5.54 Å². The van der Waals surface area contributed by atoms with Gasteiger partial charge in [-0.2, -0.15) is 0 Å². The first-order chi connectivity index (χ1) is 9.35. The van der Waals surface area contributed by atoms with Gasteiger partial charge in [0.2, 0.25) is 0 Å². The third kappa shape index (κ3) is 4.91. The largest absolute Gasteiger partial charge is 0.479 e. The Morgan fingerprint density at radius 2 is 1.85 bits per heavy atom. The molecule has 2 amide bonds. The molecular formula is C15H22N2O3. The molecule has 0 aromatic heterocycles. The molecule has 1 aromatic rings. The number of carbonyl (C=O) groups excluding carboxylic acids is 1. The molecule has 0 saturated heterocycles. The van der Waals surface area contributed by atoms with Gasteiger partial charge in [0, 0.05) is 5.54 Å². The molecule has 0 heterocycles. The number of carboxylic acid groups (broad SMARTS) is 1. The molecule has 0 fully saturated rings. The fourth-order valence-corrected chi connectivity index (χ4v) is 2.10. The maximum Gasteiger partial charge on any atom is 0.330 e. The predicted octanol–water partition coefficient (Wildman–Crippen LogP) is 2.69. The third-order valence-electron chi connectivity index (χ3n) is 2.98. The normalized spacial score (nSPS) is 12.6. The van der Waals surface area contributed by atoms with Gasteiger partial charge in [-0.25, -0.2) is 9.59 Å². The average Bonchev–Trinajstić information content (AvgIpc) is 2.36. The van der Waals surface area contributed by atoms with Crippen LogP contribution in [0.5, 0.6) is 0 Å². The summed E-state index contributed by atoms with van der Waals surface area (Å²) >= 11 is 0. The van der Waals surface area contributed by atoms with Gasteiger partial charge >= 0.3 is 12.0 Å². The topological polar surface area (TPSA) is 78.4 Å². The van der Waals surface area contributed by atoms with Crippen molar-refractivity contribution in [3.8, 4) is 0 Å². The fourth-order valence-electron chi connectivity index (χ4n) is 2.10. The van der Waals surface area contributed by atoms with Crippen LogP contribution in [0.3, 0.4) is 0 Å². The van der Waals surface area contributed by atoms with Crippen molar-refractivity contribution in [1.29, 1.82) is 0 Å². The second-order valence-corrected chi connectivity index (χ2v) is 5.41. The summed E-state index contributed by atoms with van der Waals surface area (Å²) in [6.07, 6.45) is 1.76. The van der Waals surface area contributed by atoms with Crippen LogP contribution in [0.2, 0.25) is 0 Å². The van der Waals surface area contributed by atoms with E-state index in [1.807, 2.05) is 20.8 Å². The Kier molecular flexibility index (Phi) is 5.55. The van der Waals surface area contributed by atoms with Crippen molar-refractivity contribution in [1.82, 2.24) is 10.6 Å². The molecule has 0 bridgehead atoms. The average molecular weight is 278 g/mol. The summed E-state index contributed by atoms with van der Waals surface area (Å²) in [7, 11) is 0. The Balaban J connectivity index is 2.73. The summed E-state index contributed by atoms with van der Waals surface area (Å²) in [4.78, 5) is 23.2. The van der Waals surface area contributed by atoms with Crippen molar-refractivity contribution in [3.63, 3.8) is 0 Å². The van der Waals surface area contributed by atoms with Gasteiger partial charge in [0.15, 0.2) is 6.04 Å². The van der Waals surface area contributed by atoms with Gasteiger partial charge in [-0.3, -0.25) is 0 Å². The van der Waals surface area contributed by atoms with Gasteiger partial charge in [-0.15, -0.1) is 0 Å². The van der Waals surface area contributed by atoms with Crippen LogP contribution in [0.15, 0.2) is 30.3 Å². The van der Waals surface area contributed by atoms with Gasteiger partial charge in [-0.05, 0) is 25.8 Å². The summed E-state index contributed by atoms with van der Waals surface area (Å²) < 4.78 is 0. The molecule has 5 nitrogen and oxygen atoms in total. The van der Waals surface area contributed by atoms with Crippen molar-refractivity contribution in [2.45, 2.75) is 45.2 Å². The molecule has 5 heteroatoms. The van der Waals surface area contributed by atoms with Gasteiger partial charge in [0.25, 0.3) is 0 Å². The molecule has 110 valence electrons. The highest BCUT2D eigenvalue weighted by Crippen LogP contribution is 2.14. The Morgan fingerprint density at radius 3 is 2.35 bits per heavy atom. The molecule has 1 aromatic carbocycles. The van der Waals surface area contributed by atoms with E-state index in [1.165, 1.54) is 0 Å². The molecular weight excluding hydrogens is 256 g/mol. The highest BCUT2D eigenvalue weighted by molar-refractivity contribution is 5.83. The molecule has 0 radical (unpaired) electrons. The van der Waals surface area contributed by atoms with Crippen LogP contribution < -0.4 is 10.6 Å². The number of benzene rings is 1. The fraction of sp³-hybridized carbons (Fsp3) is 0.467. The number of carboxylic acids is 1. The maximum atomic E-state index is 11.9. The zero-order chi connectivity index (χ0) is 15.2. The van der Waals surface area contributed by atoms with E-state index in [0.717, 1.165) is 12.8 Å². The lowest BCUT2D eigenvalue weighted by atomic mass is 9.99. The minimum atomic E-state index is -1.08. The van der Waals surface area contributed by atoms with Gasteiger partial charge in [0.1, 0.15) is 0 Å². The van der Waals surface area contributed by atoms with Crippen LogP contribution in [0.1, 0.15) is 45.2 Å². The highest BCUT2D eigenvalue weighted by atomic mass is 16.4. The summed E-state index contributed by atoms with van der Waals surface area (Å²) in [5, 5.41) is 14.5. The summed E-state index contributed by atoms with van der Waals surface area (Å²) in [5.74, 6) is -1.08. The minimum absolute atomic E-state index is 0.363. The standard InChI is InChI=1S/C15H22N2O3/c1-4-10-15(2,3)17-14(20)16-12(13(18)19)11-8-6-5-7-9-11/h5-9,12H,4,10H2,1-3H3,(H,18,19)(H2,16,17,20). The van der Waals surface area contributed by atoms with E-state index in [1.54, 1.807) is 30.3 Å². The number of amides is 2. The van der Waals surface area contributed by atoms with Crippen LogP contribution in [0, 0.1) is 0 Å². The van der Waals surface area contributed by atoms with E-state index in [4.69, 9.17) is 0 Å². The predicted molar refractivity (Wildman–Crippen MR) is 77.5 cm³/mol. The smallest absolute Gasteiger partial charge is 0.330 e. The van der Waals surface area contributed by atoms with Crippen LogP contribution in [-0.4, -0.2) is 22.6 Å². The maximum absolute atomic E-state index is 11.9.